The van der Waals surface area contributed by atoms with Crippen molar-refractivity contribution in [2.45, 2.75) is 26.4 Å². The van der Waals surface area contributed by atoms with Gasteiger partial charge in [0.05, 0.1) is 0 Å². The minimum absolute atomic E-state index is 0.0735. The average molecular weight is 208 g/mol. The van der Waals surface area contributed by atoms with Crippen molar-refractivity contribution in [1.29, 1.82) is 0 Å². The number of nitrogens with zero attached hydrogens (tertiary/aromatic N) is 1. The van der Waals surface area contributed by atoms with E-state index in [4.69, 9.17) is 5.11 Å². The summed E-state index contributed by atoms with van der Waals surface area (Å²) in [5.74, 6) is -0.733. The van der Waals surface area contributed by atoms with Crippen LogP contribution in [0.2, 0.25) is 0 Å². The molecule has 4 nitrogen and oxygen atoms in total. The van der Waals surface area contributed by atoms with Crippen LogP contribution in [0.3, 0.4) is 0 Å². The summed E-state index contributed by atoms with van der Waals surface area (Å²) in [6, 6.07) is 3.23. The lowest BCUT2D eigenvalue weighted by molar-refractivity contribution is -0.140. The Morgan fingerprint density at radius 3 is 2.53 bits per heavy atom. The standard InChI is InChI=1S/C11H16N2O2/c1-8(2)10(11(14)15)13-7-9-3-5-12-6-4-9/h3-6,8,10,13H,7H2,1-2H3,(H,14,15)/t10-/m0/s1. The van der Waals surface area contributed by atoms with Gasteiger partial charge in [-0.2, -0.15) is 0 Å². The van der Waals surface area contributed by atoms with Gasteiger partial charge >= 0.3 is 5.97 Å². The van der Waals surface area contributed by atoms with Crippen LogP contribution in [0.25, 0.3) is 0 Å². The normalized spacial score (nSPS) is 12.7. The molecule has 1 rings (SSSR count). The van der Waals surface area contributed by atoms with Crippen molar-refractivity contribution in [2.24, 2.45) is 5.92 Å². The Hall–Kier alpha value is -1.42. The molecule has 0 saturated heterocycles. The van der Waals surface area contributed by atoms with Crippen molar-refractivity contribution in [2.75, 3.05) is 0 Å². The molecule has 0 amide bonds. The lowest BCUT2D eigenvalue weighted by atomic mass is 10.0. The lowest BCUT2D eigenvalue weighted by Crippen LogP contribution is -2.40. The highest BCUT2D eigenvalue weighted by atomic mass is 16.4. The van der Waals surface area contributed by atoms with Crippen LogP contribution in [0, 0.1) is 5.92 Å². The fourth-order valence-corrected chi connectivity index (χ4v) is 1.34. The van der Waals surface area contributed by atoms with Gasteiger partial charge in [0.1, 0.15) is 6.04 Å². The second-order valence-electron chi connectivity index (χ2n) is 3.80. The van der Waals surface area contributed by atoms with Crippen LogP contribution < -0.4 is 5.32 Å². The van der Waals surface area contributed by atoms with E-state index in [9.17, 15) is 4.79 Å². The van der Waals surface area contributed by atoms with E-state index in [1.54, 1.807) is 12.4 Å². The van der Waals surface area contributed by atoms with E-state index in [1.807, 2.05) is 26.0 Å². The quantitative estimate of drug-likeness (QED) is 0.765. The maximum absolute atomic E-state index is 10.9. The zero-order chi connectivity index (χ0) is 11.3. The molecule has 0 radical (unpaired) electrons. The zero-order valence-electron chi connectivity index (χ0n) is 8.97. The van der Waals surface area contributed by atoms with Crippen LogP contribution in [0.15, 0.2) is 24.5 Å². The first kappa shape index (κ1) is 11.7. The molecule has 1 aromatic heterocycles. The third-order valence-corrected chi connectivity index (χ3v) is 2.21. The monoisotopic (exact) mass is 208 g/mol. The van der Waals surface area contributed by atoms with Crippen LogP contribution in [0.1, 0.15) is 19.4 Å². The van der Waals surface area contributed by atoms with Gasteiger partial charge in [-0.15, -0.1) is 0 Å². The molecule has 0 aliphatic rings. The molecule has 4 heteroatoms. The van der Waals surface area contributed by atoms with Crippen molar-refractivity contribution in [3.63, 3.8) is 0 Å². The molecule has 1 aromatic rings. The second kappa shape index (κ2) is 5.46. The fourth-order valence-electron chi connectivity index (χ4n) is 1.34. The summed E-state index contributed by atoms with van der Waals surface area (Å²) in [5.41, 5.74) is 1.04. The van der Waals surface area contributed by atoms with E-state index in [-0.39, 0.29) is 5.92 Å². The maximum Gasteiger partial charge on any atom is 0.320 e. The van der Waals surface area contributed by atoms with E-state index >= 15 is 0 Å². The summed E-state index contributed by atoms with van der Waals surface area (Å²) in [6.45, 7) is 4.33. The van der Waals surface area contributed by atoms with Crippen molar-refractivity contribution in [3.05, 3.63) is 30.1 Å². The smallest absolute Gasteiger partial charge is 0.320 e. The van der Waals surface area contributed by atoms with Crippen molar-refractivity contribution in [1.82, 2.24) is 10.3 Å². The minimum atomic E-state index is -0.806. The average Bonchev–Trinajstić information content (AvgIpc) is 2.18. The largest absolute Gasteiger partial charge is 0.480 e. The Balaban J connectivity index is 2.51. The number of hydrogen-bond acceptors (Lipinski definition) is 3. The van der Waals surface area contributed by atoms with E-state index in [0.29, 0.717) is 6.54 Å². The van der Waals surface area contributed by atoms with E-state index in [0.717, 1.165) is 5.56 Å². The molecule has 0 spiro atoms. The maximum atomic E-state index is 10.9. The van der Waals surface area contributed by atoms with Crippen LogP contribution in [0.5, 0.6) is 0 Å². The molecular weight excluding hydrogens is 192 g/mol. The Kier molecular flexibility index (Phi) is 4.24. The number of carbonyl (C=O) groups is 1. The SMILES string of the molecule is CC(C)[C@H](NCc1ccncc1)C(=O)O. The third-order valence-electron chi connectivity index (χ3n) is 2.21. The number of carboxylic acids is 1. The van der Waals surface area contributed by atoms with Crippen LogP contribution in [-0.2, 0) is 11.3 Å². The molecule has 82 valence electrons. The van der Waals surface area contributed by atoms with Gasteiger partial charge in [0.15, 0.2) is 0 Å². The van der Waals surface area contributed by atoms with Gasteiger partial charge in [0, 0.05) is 18.9 Å². The molecule has 0 saturated carbocycles. The first-order chi connectivity index (χ1) is 7.11. The predicted octanol–water partition coefficient (Wildman–Crippen LogP) is 1.28. The number of hydrogen-bond donors (Lipinski definition) is 2. The molecule has 1 heterocycles. The molecule has 15 heavy (non-hydrogen) atoms. The first-order valence-electron chi connectivity index (χ1n) is 4.96. The summed E-state index contributed by atoms with van der Waals surface area (Å²) in [6.07, 6.45) is 3.39. The van der Waals surface area contributed by atoms with Gasteiger partial charge in [0.2, 0.25) is 0 Å². The number of carboxylic acid groups (broad SMARTS) is 1. The Labute approximate surface area is 89.3 Å². The van der Waals surface area contributed by atoms with Gasteiger partial charge in [-0.25, -0.2) is 0 Å². The lowest BCUT2D eigenvalue weighted by Gasteiger charge is -2.17. The number of aliphatic carboxylic acids is 1. The summed E-state index contributed by atoms with van der Waals surface area (Å²) in [5, 5.41) is 12.0. The Bertz CT molecular complexity index is 312. The van der Waals surface area contributed by atoms with Crippen molar-refractivity contribution < 1.29 is 9.90 Å². The van der Waals surface area contributed by atoms with Gasteiger partial charge in [-0.3, -0.25) is 9.78 Å². The highest BCUT2D eigenvalue weighted by Gasteiger charge is 2.20. The Morgan fingerprint density at radius 1 is 1.47 bits per heavy atom. The molecule has 0 bridgehead atoms. The molecule has 0 aromatic carbocycles. The molecule has 0 aliphatic heterocycles. The van der Waals surface area contributed by atoms with Gasteiger partial charge < -0.3 is 10.4 Å². The van der Waals surface area contributed by atoms with Gasteiger partial charge in [-0.1, -0.05) is 13.8 Å². The summed E-state index contributed by atoms with van der Waals surface area (Å²) >= 11 is 0. The van der Waals surface area contributed by atoms with Crippen molar-refractivity contribution in [3.8, 4) is 0 Å². The highest BCUT2D eigenvalue weighted by molar-refractivity contribution is 5.73. The second-order valence-corrected chi connectivity index (χ2v) is 3.80. The van der Waals surface area contributed by atoms with E-state index in [1.165, 1.54) is 0 Å². The topological polar surface area (TPSA) is 62.2 Å². The number of rotatable bonds is 5. The minimum Gasteiger partial charge on any atom is -0.480 e. The number of aromatic nitrogens is 1. The molecule has 1 atom stereocenters. The molecule has 0 unspecified atom stereocenters. The first-order valence-corrected chi connectivity index (χ1v) is 4.96. The van der Waals surface area contributed by atoms with E-state index < -0.39 is 12.0 Å². The van der Waals surface area contributed by atoms with Gasteiger partial charge in [-0.05, 0) is 23.6 Å². The van der Waals surface area contributed by atoms with Crippen molar-refractivity contribution >= 4 is 5.97 Å². The number of pyridine rings is 1. The highest BCUT2D eigenvalue weighted by Crippen LogP contribution is 2.03. The Morgan fingerprint density at radius 2 is 2.07 bits per heavy atom. The summed E-state index contributed by atoms with van der Waals surface area (Å²) in [4.78, 5) is 14.8. The fraction of sp³-hybridized carbons (Fsp3) is 0.455. The number of nitrogens with one attached hydrogen (secondary N) is 1. The van der Waals surface area contributed by atoms with Gasteiger partial charge in [0.25, 0.3) is 0 Å². The molecule has 0 aliphatic carbocycles. The predicted molar refractivity (Wildman–Crippen MR) is 57.3 cm³/mol. The van der Waals surface area contributed by atoms with Crippen LogP contribution in [0.4, 0.5) is 0 Å². The molecule has 2 N–H and O–H groups in total. The van der Waals surface area contributed by atoms with Crippen LogP contribution in [-0.4, -0.2) is 22.1 Å². The van der Waals surface area contributed by atoms with E-state index in [2.05, 4.69) is 10.3 Å². The molecule has 0 fully saturated rings. The summed E-state index contributed by atoms with van der Waals surface area (Å²) in [7, 11) is 0. The van der Waals surface area contributed by atoms with Crippen LogP contribution >= 0.6 is 0 Å². The zero-order valence-corrected chi connectivity index (χ0v) is 8.97. The third kappa shape index (κ3) is 3.67. The summed E-state index contributed by atoms with van der Waals surface area (Å²) < 4.78 is 0. The molecular formula is C11H16N2O2.